The van der Waals surface area contributed by atoms with Gasteiger partial charge in [0.25, 0.3) is 0 Å². The number of methoxy groups -OCH3 is 1. The van der Waals surface area contributed by atoms with Gasteiger partial charge in [0.15, 0.2) is 0 Å². The Bertz CT molecular complexity index is 606. The fourth-order valence-electron chi connectivity index (χ4n) is 2.66. The highest BCUT2D eigenvalue weighted by molar-refractivity contribution is 7.88. The first kappa shape index (κ1) is 17.1. The van der Waals surface area contributed by atoms with Gasteiger partial charge in [-0.25, -0.2) is 22.7 Å². The normalized spacial score (nSPS) is 20.0. The lowest BCUT2D eigenvalue weighted by atomic mass is 9.96. The van der Waals surface area contributed by atoms with Crippen LogP contribution in [0.25, 0.3) is 0 Å². The van der Waals surface area contributed by atoms with E-state index in [1.165, 1.54) is 10.6 Å². The van der Waals surface area contributed by atoms with E-state index in [2.05, 4.69) is 15.3 Å². The number of piperidine rings is 1. The van der Waals surface area contributed by atoms with Crippen LogP contribution in [0.4, 0.5) is 5.82 Å². The summed E-state index contributed by atoms with van der Waals surface area (Å²) in [4.78, 5) is 8.86. The van der Waals surface area contributed by atoms with Crippen molar-refractivity contribution in [2.24, 2.45) is 0 Å². The van der Waals surface area contributed by atoms with Crippen molar-refractivity contribution in [3.8, 4) is 0 Å². The number of hydrogen-bond donors (Lipinski definition) is 1. The Balaban J connectivity index is 2.13. The molecule has 8 heteroatoms. The van der Waals surface area contributed by atoms with Crippen molar-refractivity contribution in [1.82, 2.24) is 14.3 Å². The van der Waals surface area contributed by atoms with Crippen LogP contribution in [0, 0.1) is 6.92 Å². The van der Waals surface area contributed by atoms with E-state index >= 15 is 0 Å². The van der Waals surface area contributed by atoms with Crippen LogP contribution >= 0.6 is 0 Å². The lowest BCUT2D eigenvalue weighted by Crippen LogP contribution is -2.38. The highest BCUT2D eigenvalue weighted by Crippen LogP contribution is 2.28. The average Bonchev–Trinajstić information content (AvgIpc) is 2.46. The van der Waals surface area contributed by atoms with Crippen molar-refractivity contribution >= 4 is 15.8 Å². The molecule has 0 amide bonds. The fraction of sp³-hybridized carbons (Fsp3) is 0.714. The van der Waals surface area contributed by atoms with Gasteiger partial charge in [0, 0.05) is 38.7 Å². The van der Waals surface area contributed by atoms with E-state index in [1.807, 2.05) is 13.0 Å². The Morgan fingerprint density at radius 3 is 2.91 bits per heavy atom. The standard InChI is InChI=1S/C14H24N4O3S/c1-11-16-13(9-14(17-11)15-6-8-21-2)12-5-4-7-18(10-12)22(3,19)20/h9,12H,4-8,10H2,1-3H3,(H,15,16,17)/t12-/m0/s1. The van der Waals surface area contributed by atoms with Crippen LogP contribution < -0.4 is 5.32 Å². The maximum Gasteiger partial charge on any atom is 0.211 e. The van der Waals surface area contributed by atoms with Crippen molar-refractivity contribution in [3.05, 3.63) is 17.6 Å². The second kappa shape index (κ2) is 7.34. The zero-order valence-corrected chi connectivity index (χ0v) is 14.2. The Kier molecular flexibility index (Phi) is 5.71. The number of ether oxygens (including phenoxy) is 1. The summed E-state index contributed by atoms with van der Waals surface area (Å²) in [5.74, 6) is 1.57. The second-order valence-corrected chi connectivity index (χ2v) is 7.59. The monoisotopic (exact) mass is 328 g/mol. The van der Waals surface area contributed by atoms with Crippen LogP contribution in [-0.2, 0) is 14.8 Å². The summed E-state index contributed by atoms with van der Waals surface area (Å²) in [6.07, 6.45) is 3.06. The highest BCUT2D eigenvalue weighted by atomic mass is 32.2. The average molecular weight is 328 g/mol. The van der Waals surface area contributed by atoms with Crippen LogP contribution in [-0.4, -0.2) is 62.3 Å². The molecule has 0 radical (unpaired) electrons. The minimum Gasteiger partial charge on any atom is -0.383 e. The Morgan fingerprint density at radius 2 is 2.23 bits per heavy atom. The molecule has 1 aromatic heterocycles. The van der Waals surface area contributed by atoms with Gasteiger partial charge in [0.2, 0.25) is 10.0 Å². The van der Waals surface area contributed by atoms with Gasteiger partial charge in [-0.2, -0.15) is 0 Å². The van der Waals surface area contributed by atoms with Gasteiger partial charge in [-0.3, -0.25) is 0 Å². The van der Waals surface area contributed by atoms with Gasteiger partial charge in [0.05, 0.1) is 18.6 Å². The molecule has 1 aliphatic heterocycles. The van der Waals surface area contributed by atoms with Crippen LogP contribution in [0.1, 0.15) is 30.3 Å². The van der Waals surface area contributed by atoms with Gasteiger partial charge in [-0.1, -0.05) is 0 Å². The molecule has 0 bridgehead atoms. The van der Waals surface area contributed by atoms with E-state index in [-0.39, 0.29) is 5.92 Å². The Morgan fingerprint density at radius 1 is 1.45 bits per heavy atom. The molecule has 1 atom stereocenters. The largest absolute Gasteiger partial charge is 0.383 e. The van der Waals surface area contributed by atoms with Crippen molar-refractivity contribution in [2.45, 2.75) is 25.7 Å². The van der Waals surface area contributed by atoms with Crippen LogP contribution in [0.5, 0.6) is 0 Å². The maximum atomic E-state index is 11.7. The third-order valence-corrected chi connectivity index (χ3v) is 5.01. The summed E-state index contributed by atoms with van der Waals surface area (Å²) in [5.41, 5.74) is 0.903. The molecule has 1 fully saturated rings. The third-order valence-electron chi connectivity index (χ3n) is 3.74. The van der Waals surface area contributed by atoms with E-state index in [1.54, 1.807) is 7.11 Å². The van der Waals surface area contributed by atoms with E-state index in [9.17, 15) is 8.42 Å². The number of aromatic nitrogens is 2. The first-order valence-corrected chi connectivity index (χ1v) is 9.28. The minimum atomic E-state index is -3.15. The summed E-state index contributed by atoms with van der Waals surface area (Å²) >= 11 is 0. The lowest BCUT2D eigenvalue weighted by Gasteiger charge is -2.30. The molecule has 0 unspecified atom stereocenters. The third kappa shape index (κ3) is 4.62. The van der Waals surface area contributed by atoms with Crippen LogP contribution in [0.2, 0.25) is 0 Å². The number of nitrogens with zero attached hydrogens (tertiary/aromatic N) is 3. The molecule has 0 aromatic carbocycles. The van der Waals surface area contributed by atoms with Gasteiger partial charge in [-0.05, 0) is 19.8 Å². The van der Waals surface area contributed by atoms with E-state index < -0.39 is 10.0 Å². The zero-order chi connectivity index (χ0) is 16.2. The van der Waals surface area contributed by atoms with Crippen LogP contribution in [0.3, 0.4) is 0 Å². The number of sulfonamides is 1. The van der Waals surface area contributed by atoms with Gasteiger partial charge < -0.3 is 10.1 Å². The summed E-state index contributed by atoms with van der Waals surface area (Å²) in [6, 6.07) is 1.92. The number of rotatable bonds is 6. The molecule has 2 heterocycles. The molecule has 1 saturated heterocycles. The van der Waals surface area contributed by atoms with Gasteiger partial charge in [-0.15, -0.1) is 0 Å². The molecular weight excluding hydrogens is 304 g/mol. The van der Waals surface area contributed by atoms with Gasteiger partial charge in [0.1, 0.15) is 11.6 Å². The fourth-order valence-corrected chi connectivity index (χ4v) is 3.57. The zero-order valence-electron chi connectivity index (χ0n) is 13.4. The molecule has 7 nitrogen and oxygen atoms in total. The molecule has 0 saturated carbocycles. The number of aryl methyl sites for hydroxylation is 1. The molecule has 0 spiro atoms. The number of anilines is 1. The molecule has 1 N–H and O–H groups in total. The smallest absolute Gasteiger partial charge is 0.211 e. The quantitative estimate of drug-likeness (QED) is 0.784. The summed E-state index contributed by atoms with van der Waals surface area (Å²) in [5, 5.41) is 3.20. The molecular formula is C14H24N4O3S. The number of hydrogen-bond acceptors (Lipinski definition) is 6. The first-order chi connectivity index (χ1) is 10.4. The minimum absolute atomic E-state index is 0.119. The molecule has 1 aliphatic rings. The molecule has 0 aliphatic carbocycles. The van der Waals surface area contributed by atoms with Crippen LogP contribution in [0.15, 0.2) is 6.07 Å². The van der Waals surface area contributed by atoms with Crippen molar-refractivity contribution < 1.29 is 13.2 Å². The van der Waals surface area contributed by atoms with Crippen molar-refractivity contribution in [1.29, 1.82) is 0 Å². The summed E-state index contributed by atoms with van der Waals surface area (Å²) in [7, 11) is -1.49. The molecule has 2 rings (SSSR count). The summed E-state index contributed by atoms with van der Waals surface area (Å²) < 4.78 is 30.0. The van der Waals surface area contributed by atoms with E-state index in [0.29, 0.717) is 32.1 Å². The Labute approximate surface area is 132 Å². The van der Waals surface area contributed by atoms with Crippen molar-refractivity contribution in [2.75, 3.05) is 44.9 Å². The maximum absolute atomic E-state index is 11.7. The molecule has 22 heavy (non-hydrogen) atoms. The molecule has 1 aromatic rings. The van der Waals surface area contributed by atoms with Gasteiger partial charge >= 0.3 is 0 Å². The number of nitrogens with one attached hydrogen (secondary N) is 1. The van der Waals surface area contributed by atoms with E-state index in [4.69, 9.17) is 4.74 Å². The molecule has 124 valence electrons. The van der Waals surface area contributed by atoms with Crippen molar-refractivity contribution in [3.63, 3.8) is 0 Å². The SMILES string of the molecule is COCCNc1cc([C@H]2CCCN(S(C)(=O)=O)C2)nc(C)n1. The second-order valence-electron chi connectivity index (χ2n) is 5.60. The predicted molar refractivity (Wildman–Crippen MR) is 85.5 cm³/mol. The topological polar surface area (TPSA) is 84.4 Å². The lowest BCUT2D eigenvalue weighted by molar-refractivity contribution is 0.210. The first-order valence-electron chi connectivity index (χ1n) is 7.43. The highest BCUT2D eigenvalue weighted by Gasteiger charge is 2.28. The Hall–Kier alpha value is -1.25. The summed E-state index contributed by atoms with van der Waals surface area (Å²) in [6.45, 7) is 4.21. The predicted octanol–water partition coefficient (Wildman–Crippen LogP) is 0.982. The van der Waals surface area contributed by atoms with E-state index in [0.717, 1.165) is 24.4 Å².